The molecule has 0 amide bonds. The van der Waals surface area contributed by atoms with Gasteiger partial charge in [0.15, 0.2) is 0 Å². The maximum Gasteiger partial charge on any atom is 0.433 e. The number of hydrogen-bond acceptors (Lipinski definition) is 2. The number of fused-ring (bicyclic) bond motifs is 1. The van der Waals surface area contributed by atoms with E-state index in [1.54, 1.807) is 6.07 Å². The Morgan fingerprint density at radius 3 is 2.59 bits per heavy atom. The summed E-state index contributed by atoms with van der Waals surface area (Å²) in [5, 5.41) is 0.664. The number of rotatable bonds is 3. The van der Waals surface area contributed by atoms with Crippen molar-refractivity contribution in [3.8, 4) is 0 Å². The second kappa shape index (κ2) is 7.15. The van der Waals surface area contributed by atoms with Crippen LogP contribution in [-0.2, 0) is 12.6 Å². The third kappa shape index (κ3) is 4.10. The maximum atomic E-state index is 12.9. The van der Waals surface area contributed by atoms with E-state index >= 15 is 0 Å². The lowest BCUT2D eigenvalue weighted by Gasteiger charge is -2.28. The van der Waals surface area contributed by atoms with Crippen LogP contribution >= 0.6 is 11.6 Å². The zero-order chi connectivity index (χ0) is 19.0. The number of nitrogens with zero attached hydrogens (tertiary/aromatic N) is 2. The first-order valence-corrected chi connectivity index (χ1v) is 9.43. The highest BCUT2D eigenvalue weighted by Crippen LogP contribution is 2.38. The smallest absolute Gasteiger partial charge is 0.342 e. The van der Waals surface area contributed by atoms with E-state index in [0.29, 0.717) is 10.9 Å². The van der Waals surface area contributed by atoms with Crippen molar-refractivity contribution in [2.45, 2.75) is 44.2 Å². The number of nitrogens with one attached hydrogen (secondary N) is 1. The van der Waals surface area contributed by atoms with Crippen molar-refractivity contribution in [3.63, 3.8) is 0 Å². The van der Waals surface area contributed by atoms with Crippen LogP contribution in [0.5, 0.6) is 0 Å². The van der Waals surface area contributed by atoms with Crippen LogP contribution in [0.15, 0.2) is 36.5 Å². The first-order valence-electron chi connectivity index (χ1n) is 9.06. The minimum atomic E-state index is -4.39. The van der Waals surface area contributed by atoms with E-state index in [0.717, 1.165) is 54.5 Å². The van der Waals surface area contributed by atoms with E-state index in [4.69, 9.17) is 11.6 Å². The zero-order valence-corrected chi connectivity index (χ0v) is 15.3. The minimum Gasteiger partial charge on any atom is -0.342 e. The van der Waals surface area contributed by atoms with Gasteiger partial charge in [0.1, 0.15) is 11.5 Å². The van der Waals surface area contributed by atoms with Crippen LogP contribution in [0.4, 0.5) is 13.2 Å². The maximum absolute atomic E-state index is 12.9. The largest absolute Gasteiger partial charge is 0.433 e. The van der Waals surface area contributed by atoms with Gasteiger partial charge in [-0.05, 0) is 73.4 Å². The van der Waals surface area contributed by atoms with Gasteiger partial charge in [0.25, 0.3) is 0 Å². The summed E-state index contributed by atoms with van der Waals surface area (Å²) >= 11 is 6.00. The van der Waals surface area contributed by atoms with Crippen LogP contribution in [0.25, 0.3) is 11.0 Å². The number of imidazole rings is 1. The van der Waals surface area contributed by atoms with Gasteiger partial charge in [0.05, 0.1) is 11.0 Å². The molecule has 1 aliphatic carbocycles. The molecule has 1 aromatic carbocycles. The number of hydrogen-bond donors (Lipinski definition) is 1. The van der Waals surface area contributed by atoms with E-state index in [-0.39, 0.29) is 5.92 Å². The summed E-state index contributed by atoms with van der Waals surface area (Å²) in [5.41, 5.74) is 1.78. The number of pyridine rings is 1. The Morgan fingerprint density at radius 1 is 1.07 bits per heavy atom. The van der Waals surface area contributed by atoms with Crippen molar-refractivity contribution in [1.29, 1.82) is 0 Å². The fraction of sp³-hybridized carbons (Fsp3) is 0.400. The topological polar surface area (TPSA) is 41.6 Å². The van der Waals surface area contributed by atoms with E-state index in [2.05, 4.69) is 15.0 Å². The Hall–Kier alpha value is -2.08. The monoisotopic (exact) mass is 393 g/mol. The molecule has 142 valence electrons. The summed E-state index contributed by atoms with van der Waals surface area (Å²) in [6.45, 7) is 0. The van der Waals surface area contributed by atoms with Gasteiger partial charge >= 0.3 is 6.18 Å². The average Bonchev–Trinajstić information content (AvgIpc) is 3.03. The zero-order valence-electron chi connectivity index (χ0n) is 14.6. The highest BCUT2D eigenvalue weighted by Gasteiger charge is 2.33. The average molecular weight is 394 g/mol. The molecule has 0 saturated heterocycles. The lowest BCUT2D eigenvalue weighted by molar-refractivity contribution is -0.141. The molecule has 3 aromatic rings. The van der Waals surface area contributed by atoms with Crippen LogP contribution in [0, 0.1) is 5.92 Å². The highest BCUT2D eigenvalue weighted by molar-refractivity contribution is 6.31. The molecule has 0 spiro atoms. The molecule has 0 unspecified atom stereocenters. The van der Waals surface area contributed by atoms with Crippen LogP contribution in [0.1, 0.15) is 48.7 Å². The summed E-state index contributed by atoms with van der Waals surface area (Å²) in [6.07, 6.45) is 1.46. The standard InChI is InChI=1S/C20H19ClF3N3/c21-15-5-6-16-17(11-15)27-19(26-16)9-12-1-3-13(4-2-12)14-7-8-25-18(10-14)20(22,23)24/h5-8,10-13H,1-4,9H2,(H,26,27). The molecular formula is C20H19ClF3N3. The molecule has 7 heteroatoms. The molecule has 1 fully saturated rings. The van der Waals surface area contributed by atoms with Gasteiger partial charge in [-0.2, -0.15) is 13.2 Å². The number of benzene rings is 1. The van der Waals surface area contributed by atoms with Gasteiger partial charge in [-0.1, -0.05) is 11.6 Å². The molecule has 2 heterocycles. The number of H-pyrrole nitrogens is 1. The molecule has 0 atom stereocenters. The molecule has 3 nitrogen and oxygen atoms in total. The number of alkyl halides is 3. The number of halogens is 4. The Bertz CT molecular complexity index is 943. The first kappa shape index (κ1) is 18.3. The number of aromatic amines is 1. The van der Waals surface area contributed by atoms with Gasteiger partial charge in [0, 0.05) is 17.6 Å². The molecular weight excluding hydrogens is 375 g/mol. The molecule has 1 saturated carbocycles. The molecule has 2 aromatic heterocycles. The Morgan fingerprint density at radius 2 is 1.85 bits per heavy atom. The second-order valence-corrected chi connectivity index (χ2v) is 7.68. The van der Waals surface area contributed by atoms with Crippen molar-refractivity contribution < 1.29 is 13.2 Å². The molecule has 0 aliphatic heterocycles. The predicted octanol–water partition coefficient (Wildman–Crippen LogP) is 6.15. The van der Waals surface area contributed by atoms with Crippen molar-refractivity contribution in [2.75, 3.05) is 0 Å². The van der Waals surface area contributed by atoms with E-state index in [1.807, 2.05) is 18.2 Å². The van der Waals surface area contributed by atoms with E-state index in [9.17, 15) is 13.2 Å². The lowest BCUT2D eigenvalue weighted by atomic mass is 9.77. The summed E-state index contributed by atoms with van der Waals surface area (Å²) in [4.78, 5) is 11.4. The van der Waals surface area contributed by atoms with E-state index < -0.39 is 11.9 Å². The fourth-order valence-electron chi connectivity index (χ4n) is 3.96. The second-order valence-electron chi connectivity index (χ2n) is 7.24. The molecule has 1 N–H and O–H groups in total. The van der Waals surface area contributed by atoms with Gasteiger partial charge in [-0.3, -0.25) is 4.98 Å². The van der Waals surface area contributed by atoms with Crippen LogP contribution in [-0.4, -0.2) is 15.0 Å². The molecule has 1 aliphatic rings. The van der Waals surface area contributed by atoms with Crippen LogP contribution < -0.4 is 0 Å². The molecule has 0 bridgehead atoms. The van der Waals surface area contributed by atoms with E-state index in [1.165, 1.54) is 12.3 Å². The summed E-state index contributed by atoms with van der Waals surface area (Å²) in [5.74, 6) is 1.60. The minimum absolute atomic E-state index is 0.167. The third-order valence-corrected chi connectivity index (χ3v) is 5.60. The lowest BCUT2D eigenvalue weighted by Crippen LogP contribution is -2.17. The number of aromatic nitrogens is 3. The Labute approximate surface area is 160 Å². The normalized spacial score (nSPS) is 20.9. The fourth-order valence-corrected chi connectivity index (χ4v) is 4.12. The van der Waals surface area contributed by atoms with Gasteiger partial charge < -0.3 is 4.98 Å². The molecule has 4 rings (SSSR count). The summed E-state index contributed by atoms with van der Waals surface area (Å²) < 4.78 is 38.6. The SMILES string of the molecule is FC(F)(F)c1cc(C2CCC(Cc3nc4cc(Cl)ccc4[nH]3)CC2)ccn1. The van der Waals surface area contributed by atoms with Crippen LogP contribution in [0.3, 0.4) is 0 Å². The molecule has 27 heavy (non-hydrogen) atoms. The van der Waals surface area contributed by atoms with Crippen molar-refractivity contribution in [2.24, 2.45) is 5.92 Å². The predicted molar refractivity (Wildman–Crippen MR) is 98.7 cm³/mol. The van der Waals surface area contributed by atoms with Gasteiger partial charge in [-0.15, -0.1) is 0 Å². The third-order valence-electron chi connectivity index (χ3n) is 5.37. The quantitative estimate of drug-likeness (QED) is 0.580. The van der Waals surface area contributed by atoms with Crippen molar-refractivity contribution >= 4 is 22.6 Å². The first-order chi connectivity index (χ1) is 12.9. The Kier molecular flexibility index (Phi) is 4.84. The summed E-state index contributed by atoms with van der Waals surface area (Å²) in [7, 11) is 0. The molecule has 0 radical (unpaired) electrons. The Balaban J connectivity index is 1.40. The van der Waals surface area contributed by atoms with Gasteiger partial charge in [-0.25, -0.2) is 4.98 Å². The van der Waals surface area contributed by atoms with Crippen LogP contribution in [0.2, 0.25) is 5.02 Å². The highest BCUT2D eigenvalue weighted by atomic mass is 35.5. The van der Waals surface area contributed by atoms with Gasteiger partial charge in [0.2, 0.25) is 0 Å². The van der Waals surface area contributed by atoms with Crippen molar-refractivity contribution in [3.05, 3.63) is 58.6 Å². The summed E-state index contributed by atoms with van der Waals surface area (Å²) in [6, 6.07) is 8.51. The van der Waals surface area contributed by atoms with Crippen molar-refractivity contribution in [1.82, 2.24) is 15.0 Å².